The van der Waals surface area contributed by atoms with E-state index in [1.165, 1.54) is 42.9 Å². The summed E-state index contributed by atoms with van der Waals surface area (Å²) >= 11 is 1.80. The summed E-state index contributed by atoms with van der Waals surface area (Å²) < 4.78 is 0. The van der Waals surface area contributed by atoms with Gasteiger partial charge in [-0.1, -0.05) is 19.1 Å². The van der Waals surface area contributed by atoms with Crippen LogP contribution in [0.1, 0.15) is 25.3 Å². The molecule has 1 saturated heterocycles. The molecule has 1 aliphatic heterocycles. The monoisotopic (exact) mass is 264 g/mol. The van der Waals surface area contributed by atoms with E-state index in [0.717, 1.165) is 6.54 Å². The molecule has 0 bridgehead atoms. The molecule has 0 spiro atoms. The largest absolute Gasteiger partial charge is 0.309 e. The second-order valence-electron chi connectivity index (χ2n) is 4.96. The van der Waals surface area contributed by atoms with E-state index in [1.807, 2.05) is 0 Å². The molecule has 1 fully saturated rings. The molecule has 0 radical (unpaired) electrons. The Morgan fingerprint density at radius 2 is 2.11 bits per heavy atom. The van der Waals surface area contributed by atoms with Crippen molar-refractivity contribution in [2.24, 2.45) is 0 Å². The first kappa shape index (κ1) is 13.9. The summed E-state index contributed by atoms with van der Waals surface area (Å²) in [6.45, 7) is 6.91. The molecule has 3 heteroatoms. The molecule has 1 aromatic carbocycles. The van der Waals surface area contributed by atoms with Crippen LogP contribution >= 0.6 is 11.8 Å². The summed E-state index contributed by atoms with van der Waals surface area (Å²) in [7, 11) is 0. The lowest BCUT2D eigenvalue weighted by Gasteiger charge is -2.32. The third kappa shape index (κ3) is 4.01. The summed E-state index contributed by atoms with van der Waals surface area (Å²) in [5.41, 5.74) is 1.39. The van der Waals surface area contributed by atoms with Gasteiger partial charge in [-0.2, -0.15) is 0 Å². The average molecular weight is 264 g/mol. The standard InChI is InChI=1S/C15H24N2S/c1-3-17-10-4-5-14(12-17)16-11-13-6-8-15(18-2)9-7-13/h6-9,14,16H,3-5,10-12H2,1-2H3. The Morgan fingerprint density at radius 3 is 2.78 bits per heavy atom. The average Bonchev–Trinajstić information content (AvgIpc) is 2.46. The molecular formula is C15H24N2S. The van der Waals surface area contributed by atoms with Crippen LogP contribution in [-0.4, -0.2) is 36.8 Å². The van der Waals surface area contributed by atoms with Gasteiger partial charge in [0.05, 0.1) is 0 Å². The van der Waals surface area contributed by atoms with E-state index in [-0.39, 0.29) is 0 Å². The van der Waals surface area contributed by atoms with Crippen LogP contribution in [-0.2, 0) is 6.54 Å². The van der Waals surface area contributed by atoms with Gasteiger partial charge in [0.25, 0.3) is 0 Å². The van der Waals surface area contributed by atoms with Crippen LogP contribution < -0.4 is 5.32 Å². The highest BCUT2D eigenvalue weighted by Gasteiger charge is 2.17. The minimum Gasteiger partial charge on any atom is -0.309 e. The van der Waals surface area contributed by atoms with Crippen LogP contribution in [0.25, 0.3) is 0 Å². The molecule has 2 rings (SSSR count). The maximum Gasteiger partial charge on any atom is 0.0208 e. The van der Waals surface area contributed by atoms with Crippen molar-refractivity contribution < 1.29 is 0 Å². The highest BCUT2D eigenvalue weighted by Crippen LogP contribution is 2.15. The van der Waals surface area contributed by atoms with Crippen LogP contribution in [0.3, 0.4) is 0 Å². The summed E-state index contributed by atoms with van der Waals surface area (Å²) in [6.07, 6.45) is 4.77. The minimum atomic E-state index is 0.666. The van der Waals surface area contributed by atoms with Crippen LogP contribution in [0, 0.1) is 0 Å². The Hall–Kier alpha value is -0.510. The molecule has 0 amide bonds. The molecule has 0 saturated carbocycles. The van der Waals surface area contributed by atoms with E-state index in [9.17, 15) is 0 Å². The normalized spacial score (nSPS) is 21.1. The quantitative estimate of drug-likeness (QED) is 0.823. The topological polar surface area (TPSA) is 15.3 Å². The lowest BCUT2D eigenvalue weighted by Crippen LogP contribution is -2.45. The Morgan fingerprint density at radius 1 is 1.33 bits per heavy atom. The third-order valence-electron chi connectivity index (χ3n) is 3.71. The summed E-state index contributed by atoms with van der Waals surface area (Å²) in [6, 6.07) is 9.55. The number of nitrogens with one attached hydrogen (secondary N) is 1. The van der Waals surface area contributed by atoms with E-state index in [1.54, 1.807) is 11.8 Å². The number of hydrogen-bond acceptors (Lipinski definition) is 3. The first-order chi connectivity index (χ1) is 8.81. The SMILES string of the molecule is CCN1CCCC(NCc2ccc(SC)cc2)C1. The van der Waals surface area contributed by atoms with E-state index in [2.05, 4.69) is 47.7 Å². The van der Waals surface area contributed by atoms with Crippen molar-refractivity contribution in [3.8, 4) is 0 Å². The smallest absolute Gasteiger partial charge is 0.0208 e. The fourth-order valence-electron chi connectivity index (χ4n) is 2.51. The van der Waals surface area contributed by atoms with E-state index >= 15 is 0 Å². The van der Waals surface area contributed by atoms with E-state index < -0.39 is 0 Å². The first-order valence-corrected chi connectivity index (χ1v) is 8.13. The number of likely N-dealkylation sites (N-methyl/N-ethyl adjacent to an activating group) is 1. The third-order valence-corrected chi connectivity index (χ3v) is 4.45. The predicted molar refractivity (Wildman–Crippen MR) is 80.2 cm³/mol. The number of rotatable bonds is 5. The lowest BCUT2D eigenvalue weighted by molar-refractivity contribution is 0.198. The highest BCUT2D eigenvalue weighted by atomic mass is 32.2. The van der Waals surface area contributed by atoms with Gasteiger partial charge in [0.2, 0.25) is 0 Å². The number of piperidine rings is 1. The van der Waals surface area contributed by atoms with Crippen molar-refractivity contribution in [1.82, 2.24) is 10.2 Å². The Labute approximate surface area is 115 Å². The molecule has 0 aliphatic carbocycles. The van der Waals surface area contributed by atoms with Crippen molar-refractivity contribution in [3.05, 3.63) is 29.8 Å². The summed E-state index contributed by atoms with van der Waals surface area (Å²) in [4.78, 5) is 3.88. The summed E-state index contributed by atoms with van der Waals surface area (Å²) in [5.74, 6) is 0. The molecule has 1 heterocycles. The van der Waals surface area contributed by atoms with Gasteiger partial charge in [0, 0.05) is 24.0 Å². The van der Waals surface area contributed by atoms with Gasteiger partial charge < -0.3 is 10.2 Å². The molecule has 0 aromatic heterocycles. The molecule has 1 aromatic rings. The highest BCUT2D eigenvalue weighted by molar-refractivity contribution is 7.98. The number of hydrogen-bond donors (Lipinski definition) is 1. The summed E-state index contributed by atoms with van der Waals surface area (Å²) in [5, 5.41) is 3.69. The molecule has 18 heavy (non-hydrogen) atoms. The van der Waals surface area contributed by atoms with Crippen LogP contribution in [0.15, 0.2) is 29.2 Å². The van der Waals surface area contributed by atoms with Crippen molar-refractivity contribution in [3.63, 3.8) is 0 Å². The van der Waals surface area contributed by atoms with Gasteiger partial charge >= 0.3 is 0 Å². The van der Waals surface area contributed by atoms with Crippen LogP contribution in [0.4, 0.5) is 0 Å². The van der Waals surface area contributed by atoms with Crippen molar-refractivity contribution in [2.45, 2.75) is 37.2 Å². The van der Waals surface area contributed by atoms with Gasteiger partial charge in [0.15, 0.2) is 0 Å². The minimum absolute atomic E-state index is 0.666. The zero-order chi connectivity index (χ0) is 12.8. The predicted octanol–water partition coefficient (Wildman–Crippen LogP) is 2.98. The molecule has 1 atom stereocenters. The van der Waals surface area contributed by atoms with E-state index in [0.29, 0.717) is 6.04 Å². The maximum absolute atomic E-state index is 3.69. The molecule has 1 N–H and O–H groups in total. The fraction of sp³-hybridized carbons (Fsp3) is 0.600. The zero-order valence-electron chi connectivity index (χ0n) is 11.5. The lowest BCUT2D eigenvalue weighted by atomic mass is 10.1. The van der Waals surface area contributed by atoms with E-state index in [4.69, 9.17) is 0 Å². The first-order valence-electron chi connectivity index (χ1n) is 6.90. The van der Waals surface area contributed by atoms with Gasteiger partial charge in [-0.3, -0.25) is 0 Å². The number of benzene rings is 1. The Bertz CT molecular complexity index is 350. The zero-order valence-corrected chi connectivity index (χ0v) is 12.3. The second kappa shape index (κ2) is 7.17. The fourth-order valence-corrected chi connectivity index (χ4v) is 2.92. The maximum atomic E-state index is 3.69. The number of nitrogens with zero attached hydrogens (tertiary/aromatic N) is 1. The van der Waals surface area contributed by atoms with Gasteiger partial charge in [0.1, 0.15) is 0 Å². The number of likely N-dealkylation sites (tertiary alicyclic amines) is 1. The number of thioether (sulfide) groups is 1. The molecular weight excluding hydrogens is 240 g/mol. The van der Waals surface area contributed by atoms with Gasteiger partial charge in [-0.25, -0.2) is 0 Å². The van der Waals surface area contributed by atoms with Gasteiger partial charge in [-0.15, -0.1) is 11.8 Å². The van der Waals surface area contributed by atoms with Crippen molar-refractivity contribution >= 4 is 11.8 Å². The Balaban J connectivity index is 1.79. The molecule has 1 aliphatic rings. The molecule has 100 valence electrons. The van der Waals surface area contributed by atoms with Crippen LogP contribution in [0.2, 0.25) is 0 Å². The van der Waals surface area contributed by atoms with Crippen molar-refractivity contribution in [1.29, 1.82) is 0 Å². The van der Waals surface area contributed by atoms with Crippen molar-refractivity contribution in [2.75, 3.05) is 25.9 Å². The second-order valence-corrected chi connectivity index (χ2v) is 5.84. The molecule has 1 unspecified atom stereocenters. The molecule has 2 nitrogen and oxygen atoms in total. The van der Waals surface area contributed by atoms with Gasteiger partial charge in [-0.05, 0) is 49.9 Å². The van der Waals surface area contributed by atoms with Crippen LogP contribution in [0.5, 0.6) is 0 Å². The Kier molecular flexibility index (Phi) is 5.54.